The van der Waals surface area contributed by atoms with Gasteiger partial charge in [0, 0.05) is 24.7 Å². The SMILES string of the molecule is CC(=S)NC[C@H]1CN(c2ccc(Nc3cccc(C(=O)N(C)C4CCCCC4)cc3=O)c(F)c2)C(=O)O1. The van der Waals surface area contributed by atoms with Crippen LogP contribution in [0.15, 0.2) is 47.3 Å². The summed E-state index contributed by atoms with van der Waals surface area (Å²) in [6.07, 6.45) is 4.33. The number of hydrogen-bond donors (Lipinski definition) is 2. The molecule has 2 aliphatic rings. The summed E-state index contributed by atoms with van der Waals surface area (Å²) in [6, 6.07) is 10.4. The van der Waals surface area contributed by atoms with Gasteiger partial charge in [-0.25, -0.2) is 9.18 Å². The first-order valence-electron chi connectivity index (χ1n) is 12.4. The fourth-order valence-electron chi connectivity index (χ4n) is 4.69. The van der Waals surface area contributed by atoms with Crippen LogP contribution in [0.3, 0.4) is 0 Å². The van der Waals surface area contributed by atoms with Gasteiger partial charge in [0.05, 0.1) is 35.1 Å². The minimum atomic E-state index is -0.638. The van der Waals surface area contributed by atoms with E-state index < -0.39 is 23.4 Å². The van der Waals surface area contributed by atoms with Crippen molar-refractivity contribution in [2.75, 3.05) is 30.4 Å². The molecule has 2 N–H and O–H groups in total. The quantitative estimate of drug-likeness (QED) is 0.510. The molecule has 0 aromatic heterocycles. The molecule has 10 heteroatoms. The highest BCUT2D eigenvalue weighted by Crippen LogP contribution is 2.27. The van der Waals surface area contributed by atoms with Crippen LogP contribution >= 0.6 is 12.2 Å². The van der Waals surface area contributed by atoms with Crippen LogP contribution in [0.5, 0.6) is 0 Å². The number of rotatable bonds is 7. The Morgan fingerprint density at radius 1 is 1.14 bits per heavy atom. The lowest BCUT2D eigenvalue weighted by Crippen LogP contribution is -2.38. The first-order chi connectivity index (χ1) is 17.7. The Hall–Kier alpha value is -3.53. The molecular formula is C27H31FN4O4S. The summed E-state index contributed by atoms with van der Waals surface area (Å²) in [7, 11) is 1.78. The van der Waals surface area contributed by atoms with Crippen LogP contribution in [-0.4, -0.2) is 54.2 Å². The summed E-state index contributed by atoms with van der Waals surface area (Å²) >= 11 is 4.98. The van der Waals surface area contributed by atoms with Gasteiger partial charge in [-0.1, -0.05) is 37.5 Å². The molecule has 1 aliphatic carbocycles. The number of thiocarbonyl (C=S) groups is 1. The van der Waals surface area contributed by atoms with Gasteiger partial charge in [-0.2, -0.15) is 0 Å². The van der Waals surface area contributed by atoms with Gasteiger partial charge in [-0.05, 0) is 50.1 Å². The van der Waals surface area contributed by atoms with Crippen molar-refractivity contribution in [1.29, 1.82) is 0 Å². The van der Waals surface area contributed by atoms with E-state index in [-0.39, 0.29) is 29.9 Å². The number of ether oxygens (including phenoxy) is 1. The minimum absolute atomic E-state index is 0.0707. The topological polar surface area (TPSA) is 91.0 Å². The van der Waals surface area contributed by atoms with E-state index in [0.29, 0.717) is 22.8 Å². The van der Waals surface area contributed by atoms with E-state index >= 15 is 0 Å². The number of anilines is 3. The number of nitrogens with zero attached hydrogens (tertiary/aromatic N) is 2. The van der Waals surface area contributed by atoms with E-state index in [4.69, 9.17) is 17.0 Å². The summed E-state index contributed by atoms with van der Waals surface area (Å²) in [5, 5.41) is 5.78. The average Bonchev–Trinajstić information content (AvgIpc) is 3.16. The number of carbonyl (C=O) groups excluding carboxylic acids is 2. The Balaban J connectivity index is 1.46. The zero-order valence-corrected chi connectivity index (χ0v) is 21.8. The second-order valence-corrected chi connectivity index (χ2v) is 10.1. The van der Waals surface area contributed by atoms with Crippen LogP contribution in [0.2, 0.25) is 0 Å². The summed E-state index contributed by atoms with van der Waals surface area (Å²) in [6.45, 7) is 2.36. The molecule has 0 radical (unpaired) electrons. The summed E-state index contributed by atoms with van der Waals surface area (Å²) in [4.78, 5) is 41.8. The third kappa shape index (κ3) is 6.43. The minimum Gasteiger partial charge on any atom is -0.442 e. The van der Waals surface area contributed by atoms with Crippen LogP contribution < -0.4 is 21.0 Å². The monoisotopic (exact) mass is 526 g/mol. The lowest BCUT2D eigenvalue weighted by atomic mass is 9.94. The maximum absolute atomic E-state index is 15.0. The summed E-state index contributed by atoms with van der Waals surface area (Å²) < 4.78 is 20.3. The highest BCUT2D eigenvalue weighted by atomic mass is 32.1. The molecule has 1 saturated heterocycles. The standard InChI is InChI=1S/C27H31FN4O4S/c1-17(37)29-15-21-16-32(27(35)36-21)20-11-12-23(22(28)14-20)30-24-10-6-7-18(13-25(24)33)26(34)31(2)19-8-4-3-5-9-19/h6-7,10-14,19,21H,3-5,8-9,15-16H2,1-2H3,(H,29,37)(H,30,33)/t21-/m0/s1. The molecule has 196 valence electrons. The van der Waals surface area contributed by atoms with Gasteiger partial charge in [0.25, 0.3) is 5.91 Å². The van der Waals surface area contributed by atoms with Gasteiger partial charge >= 0.3 is 6.09 Å². The predicted octanol–water partition coefficient (Wildman–Crippen LogP) is 4.60. The largest absolute Gasteiger partial charge is 0.442 e. The Morgan fingerprint density at radius 3 is 2.59 bits per heavy atom. The van der Waals surface area contributed by atoms with Gasteiger partial charge in [0.1, 0.15) is 11.9 Å². The average molecular weight is 527 g/mol. The Morgan fingerprint density at radius 2 is 1.89 bits per heavy atom. The van der Waals surface area contributed by atoms with Gasteiger partial charge in [-0.15, -0.1) is 0 Å². The van der Waals surface area contributed by atoms with Crippen molar-refractivity contribution in [3.63, 3.8) is 0 Å². The number of halogens is 1. The lowest BCUT2D eigenvalue weighted by Gasteiger charge is -2.31. The summed E-state index contributed by atoms with van der Waals surface area (Å²) in [5.74, 6) is -0.839. The maximum Gasteiger partial charge on any atom is 0.414 e. The zero-order valence-electron chi connectivity index (χ0n) is 21.0. The molecule has 0 bridgehead atoms. The van der Waals surface area contributed by atoms with Crippen LogP contribution in [-0.2, 0) is 4.74 Å². The molecule has 1 heterocycles. The highest BCUT2D eigenvalue weighted by molar-refractivity contribution is 7.80. The first-order valence-corrected chi connectivity index (χ1v) is 12.8. The third-order valence-corrected chi connectivity index (χ3v) is 6.91. The van der Waals surface area contributed by atoms with E-state index in [9.17, 15) is 18.8 Å². The lowest BCUT2D eigenvalue weighted by molar-refractivity contribution is 0.0696. The van der Waals surface area contributed by atoms with Crippen molar-refractivity contribution in [2.24, 2.45) is 0 Å². The van der Waals surface area contributed by atoms with Crippen molar-refractivity contribution in [2.45, 2.75) is 51.2 Å². The molecular weight excluding hydrogens is 495 g/mol. The maximum atomic E-state index is 15.0. The molecule has 2 aromatic carbocycles. The molecule has 1 atom stereocenters. The van der Waals surface area contributed by atoms with Crippen LogP contribution in [0.1, 0.15) is 49.4 Å². The van der Waals surface area contributed by atoms with Crippen LogP contribution in [0.4, 0.5) is 26.2 Å². The van der Waals surface area contributed by atoms with Gasteiger partial charge in [0.15, 0.2) is 0 Å². The summed E-state index contributed by atoms with van der Waals surface area (Å²) in [5.41, 5.74) is 0.410. The molecule has 2 aromatic rings. The Bertz CT molecular complexity index is 1250. The van der Waals surface area contributed by atoms with Gasteiger partial charge in [-0.3, -0.25) is 14.5 Å². The van der Waals surface area contributed by atoms with Crippen LogP contribution in [0.25, 0.3) is 0 Å². The molecule has 4 rings (SSSR count). The van der Waals surface area contributed by atoms with Gasteiger partial charge < -0.3 is 20.3 Å². The van der Waals surface area contributed by atoms with E-state index in [2.05, 4.69) is 10.6 Å². The number of nitrogens with one attached hydrogen (secondary N) is 2. The molecule has 2 amide bonds. The Labute approximate surface area is 220 Å². The second kappa shape index (κ2) is 11.7. The van der Waals surface area contributed by atoms with Crippen molar-refractivity contribution in [3.8, 4) is 0 Å². The molecule has 37 heavy (non-hydrogen) atoms. The van der Waals surface area contributed by atoms with E-state index in [0.717, 1.165) is 25.7 Å². The first kappa shape index (κ1) is 26.5. The number of amides is 2. The van der Waals surface area contributed by atoms with Crippen molar-refractivity contribution >= 4 is 46.3 Å². The Kier molecular flexibility index (Phi) is 8.38. The van der Waals surface area contributed by atoms with Gasteiger partial charge in [0.2, 0.25) is 5.43 Å². The normalized spacial score (nSPS) is 17.8. The number of benzene rings is 1. The molecule has 0 unspecified atom stereocenters. The number of hydrogen-bond acceptors (Lipinski definition) is 6. The smallest absolute Gasteiger partial charge is 0.414 e. The highest BCUT2D eigenvalue weighted by Gasteiger charge is 2.32. The molecule has 1 saturated carbocycles. The van der Waals surface area contributed by atoms with Crippen LogP contribution in [0, 0.1) is 5.82 Å². The fourth-order valence-corrected chi connectivity index (χ4v) is 4.77. The van der Waals surface area contributed by atoms with E-state index in [1.165, 1.54) is 35.6 Å². The van der Waals surface area contributed by atoms with Crippen molar-refractivity contribution in [1.82, 2.24) is 10.2 Å². The van der Waals surface area contributed by atoms with E-state index in [1.54, 1.807) is 37.1 Å². The number of cyclic esters (lactones) is 1. The second-order valence-electron chi connectivity index (χ2n) is 9.45. The molecule has 1 aliphatic heterocycles. The fraction of sp³-hybridized carbons (Fsp3) is 0.407. The third-order valence-electron chi connectivity index (χ3n) is 6.77. The molecule has 8 nitrogen and oxygen atoms in total. The molecule has 2 fully saturated rings. The molecule has 0 spiro atoms. The zero-order chi connectivity index (χ0) is 26.5. The van der Waals surface area contributed by atoms with Crippen molar-refractivity contribution < 1.29 is 18.7 Å². The predicted molar refractivity (Wildman–Crippen MR) is 145 cm³/mol. The van der Waals surface area contributed by atoms with E-state index in [1.807, 2.05) is 0 Å². The number of carbonyl (C=O) groups is 2. The van der Waals surface area contributed by atoms with Crippen molar-refractivity contribution in [3.05, 3.63) is 64.1 Å².